The number of carbonyl (C=O) groups excluding carboxylic acids is 1. The summed E-state index contributed by atoms with van der Waals surface area (Å²) in [5, 5.41) is 9.03. The van der Waals surface area contributed by atoms with Crippen LogP contribution in [0.4, 0.5) is 0 Å². The van der Waals surface area contributed by atoms with Crippen molar-refractivity contribution in [3.05, 3.63) is 0 Å². The molecule has 2 fully saturated rings. The monoisotopic (exact) mass is 341 g/mol. The molecule has 0 aliphatic carbocycles. The van der Waals surface area contributed by atoms with Crippen molar-refractivity contribution in [1.29, 1.82) is 0 Å². The second kappa shape index (κ2) is 3.71. The Kier molecular flexibility index (Phi) is 2.81. The molecule has 2 heterocycles. The number of alkyl halides is 2. The smallest absolute Gasteiger partial charge is 0.310 e. The zero-order valence-corrected chi connectivity index (χ0v) is 10.6. The standard InChI is InChI=1S/C8H9Br2NO4/c9-3-4(10)6-2(8(13)14)1(7(11)12)5(3)15-6/h1-6H,(H2,11,12)(H,13,14). The van der Waals surface area contributed by atoms with Crippen LogP contribution in [-0.2, 0) is 14.3 Å². The van der Waals surface area contributed by atoms with Crippen LogP contribution in [0.1, 0.15) is 0 Å². The Hall–Kier alpha value is -0.140. The highest BCUT2D eigenvalue weighted by Gasteiger charge is 2.62. The van der Waals surface area contributed by atoms with Crippen LogP contribution in [0.5, 0.6) is 0 Å². The van der Waals surface area contributed by atoms with Gasteiger partial charge in [-0.15, -0.1) is 0 Å². The first-order valence-corrected chi connectivity index (χ1v) is 6.24. The Morgan fingerprint density at radius 1 is 1.13 bits per heavy atom. The van der Waals surface area contributed by atoms with Gasteiger partial charge in [-0.25, -0.2) is 0 Å². The third-order valence-electron chi connectivity index (χ3n) is 2.95. The molecule has 3 N–H and O–H groups in total. The van der Waals surface area contributed by atoms with Crippen LogP contribution in [0, 0.1) is 11.8 Å². The predicted octanol–water partition coefficient (Wildman–Crippen LogP) is 0.0967. The van der Waals surface area contributed by atoms with Gasteiger partial charge in [-0.05, 0) is 0 Å². The van der Waals surface area contributed by atoms with Gasteiger partial charge in [0.05, 0.1) is 33.7 Å². The third kappa shape index (κ3) is 1.52. The average molecular weight is 343 g/mol. The van der Waals surface area contributed by atoms with Crippen molar-refractivity contribution in [2.75, 3.05) is 0 Å². The van der Waals surface area contributed by atoms with E-state index in [2.05, 4.69) is 31.9 Å². The van der Waals surface area contributed by atoms with Crippen molar-refractivity contribution in [2.24, 2.45) is 17.6 Å². The normalized spacial score (nSPS) is 48.1. The van der Waals surface area contributed by atoms with Crippen molar-refractivity contribution in [3.63, 3.8) is 0 Å². The summed E-state index contributed by atoms with van der Waals surface area (Å²) in [7, 11) is 0. The van der Waals surface area contributed by atoms with Gasteiger partial charge >= 0.3 is 5.97 Å². The Bertz CT molecular complexity index is 294. The van der Waals surface area contributed by atoms with Gasteiger partial charge in [-0.1, -0.05) is 31.9 Å². The van der Waals surface area contributed by atoms with Gasteiger partial charge in [0, 0.05) is 0 Å². The number of carboxylic acids is 1. The van der Waals surface area contributed by atoms with E-state index in [0.717, 1.165) is 0 Å². The number of aliphatic carboxylic acids is 1. The molecule has 2 saturated heterocycles. The maximum absolute atomic E-state index is 11.2. The van der Waals surface area contributed by atoms with Crippen LogP contribution in [-0.4, -0.2) is 38.8 Å². The van der Waals surface area contributed by atoms with E-state index in [-0.39, 0.29) is 9.65 Å². The van der Waals surface area contributed by atoms with Crippen LogP contribution in [0.2, 0.25) is 0 Å². The topological polar surface area (TPSA) is 89.6 Å². The lowest BCUT2D eigenvalue weighted by atomic mass is 9.79. The number of primary amides is 1. The van der Waals surface area contributed by atoms with Gasteiger partial charge in [-0.3, -0.25) is 9.59 Å². The van der Waals surface area contributed by atoms with E-state index in [1.54, 1.807) is 0 Å². The molecule has 2 aliphatic heterocycles. The molecule has 15 heavy (non-hydrogen) atoms. The van der Waals surface area contributed by atoms with Gasteiger partial charge in [0.25, 0.3) is 0 Å². The predicted molar refractivity (Wildman–Crippen MR) is 57.9 cm³/mol. The third-order valence-corrected chi connectivity index (χ3v) is 5.85. The van der Waals surface area contributed by atoms with Crippen molar-refractivity contribution in [2.45, 2.75) is 21.9 Å². The molecule has 0 saturated carbocycles. The van der Waals surface area contributed by atoms with Crippen LogP contribution < -0.4 is 5.73 Å². The average Bonchev–Trinajstić information content (AvgIpc) is 2.64. The Balaban J connectivity index is 2.32. The van der Waals surface area contributed by atoms with Crippen molar-refractivity contribution < 1.29 is 19.4 Å². The molecule has 1 amide bonds. The van der Waals surface area contributed by atoms with Gasteiger partial charge in [0.1, 0.15) is 0 Å². The second-order valence-corrected chi connectivity index (χ2v) is 5.86. The van der Waals surface area contributed by atoms with Crippen molar-refractivity contribution in [3.8, 4) is 0 Å². The minimum Gasteiger partial charge on any atom is -0.481 e. The van der Waals surface area contributed by atoms with Crippen molar-refractivity contribution in [1.82, 2.24) is 0 Å². The van der Waals surface area contributed by atoms with Crippen LogP contribution >= 0.6 is 31.9 Å². The summed E-state index contributed by atoms with van der Waals surface area (Å²) in [5.74, 6) is -3.23. The summed E-state index contributed by atoms with van der Waals surface area (Å²) in [4.78, 5) is 22.1. The largest absolute Gasteiger partial charge is 0.481 e. The second-order valence-electron chi connectivity index (χ2n) is 3.75. The summed E-state index contributed by atoms with van der Waals surface area (Å²) < 4.78 is 5.47. The fraction of sp³-hybridized carbons (Fsp3) is 0.750. The highest BCUT2D eigenvalue weighted by Crippen LogP contribution is 2.49. The zero-order chi connectivity index (χ0) is 11.3. The van der Waals surface area contributed by atoms with E-state index in [9.17, 15) is 9.59 Å². The Morgan fingerprint density at radius 2 is 1.60 bits per heavy atom. The lowest BCUT2D eigenvalue weighted by molar-refractivity contribution is -0.147. The molecule has 7 heteroatoms. The lowest BCUT2D eigenvalue weighted by Gasteiger charge is -2.28. The zero-order valence-electron chi connectivity index (χ0n) is 7.47. The van der Waals surface area contributed by atoms with E-state index in [1.807, 2.05) is 0 Å². The van der Waals surface area contributed by atoms with E-state index < -0.39 is 35.9 Å². The molecule has 0 aromatic heterocycles. The molecule has 0 radical (unpaired) electrons. The Morgan fingerprint density at radius 3 is 2.00 bits per heavy atom. The Labute approximate surface area is 103 Å². The molecular weight excluding hydrogens is 334 g/mol. The number of rotatable bonds is 2. The molecule has 6 atom stereocenters. The first-order valence-electron chi connectivity index (χ1n) is 4.41. The first kappa shape index (κ1) is 11.3. The maximum atomic E-state index is 11.2. The maximum Gasteiger partial charge on any atom is 0.310 e. The fourth-order valence-electron chi connectivity index (χ4n) is 2.30. The molecule has 6 unspecified atom stereocenters. The molecule has 0 aromatic rings. The minimum atomic E-state index is -1.03. The summed E-state index contributed by atoms with van der Waals surface area (Å²) in [6.45, 7) is 0. The number of nitrogens with two attached hydrogens (primary N) is 1. The van der Waals surface area contributed by atoms with Crippen LogP contribution in [0.15, 0.2) is 0 Å². The SMILES string of the molecule is NC(=O)C1C2OC(C(Br)C2Br)C1C(=O)O. The number of amides is 1. The molecule has 2 aliphatic rings. The molecule has 5 nitrogen and oxygen atoms in total. The van der Waals surface area contributed by atoms with E-state index in [4.69, 9.17) is 15.6 Å². The molecule has 2 bridgehead atoms. The van der Waals surface area contributed by atoms with Crippen LogP contribution in [0.25, 0.3) is 0 Å². The number of ether oxygens (including phenoxy) is 1. The number of fused-ring (bicyclic) bond motifs is 2. The van der Waals surface area contributed by atoms with E-state index in [0.29, 0.717) is 0 Å². The molecule has 0 spiro atoms. The number of carbonyl (C=O) groups is 2. The summed E-state index contributed by atoms with van der Waals surface area (Å²) in [6, 6.07) is 0. The number of hydrogen-bond donors (Lipinski definition) is 2. The van der Waals surface area contributed by atoms with Gasteiger partial charge < -0.3 is 15.6 Å². The van der Waals surface area contributed by atoms with E-state index in [1.165, 1.54) is 0 Å². The highest BCUT2D eigenvalue weighted by molar-refractivity contribution is 9.12. The van der Waals surface area contributed by atoms with Gasteiger partial charge in [0.2, 0.25) is 5.91 Å². The molecular formula is C8H9Br2NO4. The highest BCUT2D eigenvalue weighted by atomic mass is 79.9. The number of carboxylic acid groups (broad SMARTS) is 1. The molecule has 0 aromatic carbocycles. The summed E-state index contributed by atoms with van der Waals surface area (Å²) >= 11 is 6.73. The van der Waals surface area contributed by atoms with Crippen LogP contribution in [0.3, 0.4) is 0 Å². The van der Waals surface area contributed by atoms with Gasteiger partial charge in [0.15, 0.2) is 0 Å². The summed E-state index contributed by atoms with van der Waals surface area (Å²) in [5.41, 5.74) is 5.20. The van der Waals surface area contributed by atoms with Crippen molar-refractivity contribution >= 4 is 43.7 Å². The lowest BCUT2D eigenvalue weighted by Crippen LogP contribution is -2.49. The fourth-order valence-corrected chi connectivity index (χ4v) is 3.81. The van der Waals surface area contributed by atoms with Gasteiger partial charge in [-0.2, -0.15) is 0 Å². The molecule has 84 valence electrons. The summed E-state index contributed by atoms with van der Waals surface area (Å²) in [6.07, 6.45) is -0.938. The number of halogens is 2. The molecule has 2 rings (SSSR count). The first-order chi connectivity index (χ1) is 6.95. The minimum absolute atomic E-state index is 0.0735. The number of hydrogen-bond acceptors (Lipinski definition) is 3. The quantitative estimate of drug-likeness (QED) is 0.696. The van der Waals surface area contributed by atoms with E-state index >= 15 is 0 Å².